The molecule has 0 aliphatic carbocycles. The number of amides is 1. The topological polar surface area (TPSA) is 92.5 Å². The van der Waals surface area contributed by atoms with Gasteiger partial charge in [0, 0.05) is 22.2 Å². The summed E-state index contributed by atoms with van der Waals surface area (Å²) in [6, 6.07) is 4.07. The molecule has 0 spiro atoms. The van der Waals surface area contributed by atoms with Gasteiger partial charge in [-0.25, -0.2) is 0 Å². The lowest BCUT2D eigenvalue weighted by Gasteiger charge is -2.08. The number of nitro benzene ring substituents is 1. The minimum atomic E-state index is -0.657. The summed E-state index contributed by atoms with van der Waals surface area (Å²) in [5.41, 5.74) is 0.105. The smallest absolute Gasteiger partial charge is 0.270 e. The number of nitro groups is 1. The Bertz CT molecular complexity index is 448. The molecule has 1 amide bonds. The second-order valence-electron chi connectivity index (χ2n) is 3.48. The molecule has 0 aliphatic heterocycles. The van der Waals surface area contributed by atoms with Crippen molar-refractivity contribution >= 4 is 34.2 Å². The maximum absolute atomic E-state index is 11.7. The van der Waals surface area contributed by atoms with Gasteiger partial charge < -0.3 is 10.4 Å². The first-order valence-corrected chi connectivity index (χ1v) is 5.90. The summed E-state index contributed by atoms with van der Waals surface area (Å²) in [6.45, 7) is 1.65. The van der Waals surface area contributed by atoms with Crippen LogP contribution in [0.5, 0.6) is 0 Å². The van der Waals surface area contributed by atoms with E-state index in [9.17, 15) is 14.9 Å². The molecule has 0 aromatic heterocycles. The Morgan fingerprint density at radius 2 is 2.29 bits per heavy atom. The quantitative estimate of drug-likeness (QED) is 0.487. The second-order valence-corrected chi connectivity index (χ2v) is 4.64. The van der Waals surface area contributed by atoms with Crippen molar-refractivity contribution in [3.05, 3.63) is 37.4 Å². The Labute approximate surface area is 111 Å². The van der Waals surface area contributed by atoms with E-state index in [4.69, 9.17) is 5.11 Å². The van der Waals surface area contributed by atoms with Crippen LogP contribution in [0.4, 0.5) is 5.69 Å². The minimum Gasteiger partial charge on any atom is -0.392 e. The predicted octanol–water partition coefficient (Wildman–Crippen LogP) is 1.31. The minimum absolute atomic E-state index is 0.109. The molecule has 2 N–H and O–H groups in total. The number of nitrogens with zero attached hydrogens (tertiary/aromatic N) is 1. The van der Waals surface area contributed by atoms with Crippen LogP contribution in [0.25, 0.3) is 0 Å². The fourth-order valence-electron chi connectivity index (χ4n) is 1.14. The molecular weight excluding hydrogens is 339 g/mol. The summed E-state index contributed by atoms with van der Waals surface area (Å²) < 4.78 is 0.622. The monoisotopic (exact) mass is 350 g/mol. The van der Waals surface area contributed by atoms with Gasteiger partial charge in [0.15, 0.2) is 0 Å². The van der Waals surface area contributed by atoms with E-state index in [0.29, 0.717) is 3.57 Å². The predicted molar refractivity (Wildman–Crippen MR) is 69.8 cm³/mol. The summed E-state index contributed by atoms with van der Waals surface area (Å²) >= 11 is 1.93. The van der Waals surface area contributed by atoms with Crippen LogP contribution in [0.1, 0.15) is 17.3 Å². The third-order valence-corrected chi connectivity index (χ3v) is 2.90. The van der Waals surface area contributed by atoms with Crippen LogP contribution in [0, 0.1) is 13.7 Å². The van der Waals surface area contributed by atoms with Gasteiger partial charge in [-0.2, -0.15) is 0 Å². The maximum atomic E-state index is 11.7. The average molecular weight is 350 g/mol. The summed E-state index contributed by atoms with van der Waals surface area (Å²) in [4.78, 5) is 21.7. The number of non-ortho nitro benzene ring substituents is 1. The maximum Gasteiger partial charge on any atom is 0.270 e. The third-order valence-electron chi connectivity index (χ3n) is 1.96. The standard InChI is InChI=1S/C10H11IN2O4/c1-6(14)5-12-10(15)8-4-7(13(16)17)2-3-9(8)11/h2-4,6,14H,5H2,1H3,(H,12,15)/t6-/m1/s1. The Morgan fingerprint density at radius 3 is 2.82 bits per heavy atom. The highest BCUT2D eigenvalue weighted by Crippen LogP contribution is 2.19. The molecule has 0 saturated carbocycles. The Kier molecular flexibility index (Phi) is 4.82. The largest absolute Gasteiger partial charge is 0.392 e. The van der Waals surface area contributed by atoms with Gasteiger partial charge in [0.2, 0.25) is 0 Å². The number of nitrogens with one attached hydrogen (secondary N) is 1. The van der Waals surface area contributed by atoms with Gasteiger partial charge in [0.05, 0.1) is 16.6 Å². The zero-order valence-corrected chi connectivity index (χ0v) is 11.2. The number of aliphatic hydroxyl groups is 1. The molecule has 7 heteroatoms. The fourth-order valence-corrected chi connectivity index (χ4v) is 1.72. The van der Waals surface area contributed by atoms with Gasteiger partial charge in [-0.05, 0) is 35.6 Å². The third kappa shape index (κ3) is 3.93. The van der Waals surface area contributed by atoms with Crippen LogP contribution < -0.4 is 5.32 Å². The van der Waals surface area contributed by atoms with Crippen molar-refractivity contribution in [2.24, 2.45) is 0 Å². The Hall–Kier alpha value is -1.22. The summed E-state index contributed by atoms with van der Waals surface area (Å²) in [5.74, 6) is -0.431. The number of benzene rings is 1. The molecule has 0 fully saturated rings. The molecule has 17 heavy (non-hydrogen) atoms. The fraction of sp³-hybridized carbons (Fsp3) is 0.300. The normalized spacial score (nSPS) is 11.9. The lowest BCUT2D eigenvalue weighted by Crippen LogP contribution is -2.31. The molecular formula is C10H11IN2O4. The van der Waals surface area contributed by atoms with Gasteiger partial charge in [-0.1, -0.05) is 0 Å². The molecule has 0 heterocycles. The van der Waals surface area contributed by atoms with Gasteiger partial charge >= 0.3 is 0 Å². The molecule has 1 aromatic carbocycles. The van der Waals surface area contributed by atoms with Crippen molar-refractivity contribution < 1.29 is 14.8 Å². The Morgan fingerprint density at radius 1 is 1.65 bits per heavy atom. The number of rotatable bonds is 4. The highest BCUT2D eigenvalue weighted by molar-refractivity contribution is 14.1. The van der Waals surface area contributed by atoms with E-state index >= 15 is 0 Å². The molecule has 1 atom stereocenters. The SMILES string of the molecule is C[C@@H](O)CNC(=O)c1cc([N+](=O)[O-])ccc1I. The summed E-state index contributed by atoms with van der Waals surface area (Å²) in [5, 5.41) is 22.1. The summed E-state index contributed by atoms with van der Waals surface area (Å²) in [6.07, 6.45) is -0.657. The Balaban J connectivity index is 2.92. The molecule has 1 aromatic rings. The highest BCUT2D eigenvalue weighted by Gasteiger charge is 2.15. The van der Waals surface area contributed by atoms with E-state index < -0.39 is 16.9 Å². The van der Waals surface area contributed by atoms with Crippen molar-refractivity contribution in [3.63, 3.8) is 0 Å². The number of carbonyl (C=O) groups excluding carboxylic acids is 1. The van der Waals surface area contributed by atoms with Crippen molar-refractivity contribution in [1.82, 2.24) is 5.32 Å². The average Bonchev–Trinajstić information content (AvgIpc) is 2.26. The number of halogens is 1. The molecule has 0 unspecified atom stereocenters. The molecule has 0 bridgehead atoms. The zero-order chi connectivity index (χ0) is 13.0. The number of hydrogen-bond acceptors (Lipinski definition) is 4. The first-order valence-electron chi connectivity index (χ1n) is 4.82. The van der Waals surface area contributed by atoms with Crippen molar-refractivity contribution in [1.29, 1.82) is 0 Å². The van der Waals surface area contributed by atoms with Crippen LogP contribution in [0.2, 0.25) is 0 Å². The highest BCUT2D eigenvalue weighted by atomic mass is 127. The van der Waals surface area contributed by atoms with Gasteiger partial charge in [-0.3, -0.25) is 14.9 Å². The first kappa shape index (κ1) is 13.8. The second kappa shape index (κ2) is 5.92. The summed E-state index contributed by atoms with van der Waals surface area (Å²) in [7, 11) is 0. The van der Waals surface area contributed by atoms with Gasteiger partial charge in [0.1, 0.15) is 0 Å². The van der Waals surface area contributed by atoms with Crippen molar-refractivity contribution in [2.75, 3.05) is 6.54 Å². The van der Waals surface area contributed by atoms with E-state index in [1.54, 1.807) is 6.92 Å². The molecule has 0 aliphatic rings. The first-order chi connectivity index (χ1) is 7.91. The molecule has 6 nitrogen and oxygen atoms in total. The van der Waals surface area contributed by atoms with Crippen molar-refractivity contribution in [2.45, 2.75) is 13.0 Å². The van der Waals surface area contributed by atoms with Gasteiger partial charge in [0.25, 0.3) is 11.6 Å². The van der Waals surface area contributed by atoms with Crippen LogP contribution in [-0.2, 0) is 0 Å². The lowest BCUT2D eigenvalue weighted by atomic mass is 10.2. The van der Waals surface area contributed by atoms with Crippen LogP contribution >= 0.6 is 22.6 Å². The van der Waals surface area contributed by atoms with Crippen LogP contribution in [0.3, 0.4) is 0 Å². The molecule has 0 saturated heterocycles. The molecule has 0 radical (unpaired) electrons. The number of aliphatic hydroxyl groups excluding tert-OH is 1. The van der Waals surface area contributed by atoms with Crippen molar-refractivity contribution in [3.8, 4) is 0 Å². The number of hydrogen-bond donors (Lipinski definition) is 2. The van der Waals surface area contributed by atoms with E-state index in [1.807, 2.05) is 22.6 Å². The van der Waals surface area contributed by atoms with E-state index in [0.717, 1.165) is 0 Å². The number of carbonyl (C=O) groups is 1. The van der Waals surface area contributed by atoms with E-state index in [1.165, 1.54) is 18.2 Å². The van der Waals surface area contributed by atoms with Crippen LogP contribution in [0.15, 0.2) is 18.2 Å². The van der Waals surface area contributed by atoms with E-state index in [-0.39, 0.29) is 17.8 Å². The lowest BCUT2D eigenvalue weighted by molar-refractivity contribution is -0.384. The van der Waals surface area contributed by atoms with Crippen LogP contribution in [-0.4, -0.2) is 28.6 Å². The zero-order valence-electron chi connectivity index (χ0n) is 9.01. The van der Waals surface area contributed by atoms with E-state index in [2.05, 4.69) is 5.32 Å². The van der Waals surface area contributed by atoms with Gasteiger partial charge in [-0.15, -0.1) is 0 Å². The molecule has 1 rings (SSSR count). The molecule has 92 valence electrons.